The maximum Gasteiger partial charge on any atom is 0.340 e. The largest absolute Gasteiger partial charge is 0.462 e. The van der Waals surface area contributed by atoms with Crippen molar-refractivity contribution in [2.75, 3.05) is 6.61 Å². The van der Waals surface area contributed by atoms with E-state index < -0.39 is 0 Å². The lowest BCUT2D eigenvalue weighted by molar-refractivity contribution is 0.0526. The van der Waals surface area contributed by atoms with Gasteiger partial charge in [-0.15, -0.1) is 5.10 Å². The third kappa shape index (κ3) is 3.97. The lowest BCUT2D eigenvalue weighted by atomic mass is 9.97. The summed E-state index contributed by atoms with van der Waals surface area (Å²) in [5, 5.41) is 8.75. The number of pyridine rings is 1. The molecule has 156 valence electrons. The molecule has 4 aromatic rings. The molecule has 4 rings (SSSR count). The monoisotopic (exact) mass is 412 g/mol. The standard InChI is InChI=1S/C25H24N4O2/c1-5-31-25(30)23-17(3)26-22(15-21(23)19-9-7-6-8-10-19)24-18(4)29(28-27-24)20-13-11-16(2)12-14-20/h6-15H,5H2,1-4H3. The van der Waals surface area contributed by atoms with Gasteiger partial charge in [-0.3, -0.25) is 4.98 Å². The molecule has 0 N–H and O–H groups in total. The maximum atomic E-state index is 12.7. The Hall–Kier alpha value is -3.80. The fourth-order valence-electron chi connectivity index (χ4n) is 3.60. The summed E-state index contributed by atoms with van der Waals surface area (Å²) in [5.74, 6) is -0.377. The van der Waals surface area contributed by atoms with Crippen molar-refractivity contribution < 1.29 is 9.53 Å². The number of ether oxygens (including phenoxy) is 1. The minimum atomic E-state index is -0.377. The summed E-state index contributed by atoms with van der Waals surface area (Å²) in [6.07, 6.45) is 0. The van der Waals surface area contributed by atoms with Gasteiger partial charge in [0.2, 0.25) is 0 Å². The smallest absolute Gasteiger partial charge is 0.340 e. The van der Waals surface area contributed by atoms with Crippen LogP contribution in [0.1, 0.15) is 34.2 Å². The summed E-state index contributed by atoms with van der Waals surface area (Å²) in [6, 6.07) is 19.8. The Morgan fingerprint density at radius 2 is 1.71 bits per heavy atom. The highest BCUT2D eigenvalue weighted by Crippen LogP contribution is 2.31. The first-order valence-electron chi connectivity index (χ1n) is 10.2. The SMILES string of the molecule is CCOC(=O)c1c(-c2ccccc2)cc(-c2nnn(-c3ccc(C)cc3)c2C)nc1C. The average Bonchev–Trinajstić information content (AvgIpc) is 3.15. The number of aromatic nitrogens is 4. The van der Waals surface area contributed by atoms with Crippen LogP contribution in [0.15, 0.2) is 60.7 Å². The molecule has 0 unspecified atom stereocenters. The second kappa shape index (κ2) is 8.52. The first-order chi connectivity index (χ1) is 15.0. The number of aryl methyl sites for hydroxylation is 2. The molecule has 0 fully saturated rings. The third-order valence-electron chi connectivity index (χ3n) is 5.18. The number of hydrogen-bond donors (Lipinski definition) is 0. The predicted octanol–water partition coefficient (Wildman–Crippen LogP) is 5.10. The molecule has 31 heavy (non-hydrogen) atoms. The summed E-state index contributed by atoms with van der Waals surface area (Å²) in [7, 11) is 0. The molecule has 0 amide bonds. The average molecular weight is 412 g/mol. The van der Waals surface area contributed by atoms with E-state index in [1.807, 2.05) is 81.4 Å². The molecule has 0 saturated carbocycles. The van der Waals surface area contributed by atoms with Gasteiger partial charge in [-0.1, -0.05) is 53.2 Å². The van der Waals surface area contributed by atoms with Crippen LogP contribution in [0.2, 0.25) is 0 Å². The van der Waals surface area contributed by atoms with E-state index in [0.29, 0.717) is 29.3 Å². The summed E-state index contributed by atoms with van der Waals surface area (Å²) in [4.78, 5) is 17.4. The summed E-state index contributed by atoms with van der Waals surface area (Å²) in [6.45, 7) is 7.93. The number of carbonyl (C=O) groups excluding carboxylic acids is 1. The van der Waals surface area contributed by atoms with Crippen molar-refractivity contribution in [1.29, 1.82) is 0 Å². The van der Waals surface area contributed by atoms with E-state index in [9.17, 15) is 4.79 Å². The third-order valence-corrected chi connectivity index (χ3v) is 5.18. The molecule has 2 aromatic heterocycles. The van der Waals surface area contributed by atoms with Gasteiger partial charge in [0, 0.05) is 5.56 Å². The molecule has 0 saturated heterocycles. The van der Waals surface area contributed by atoms with Crippen LogP contribution in [0, 0.1) is 20.8 Å². The maximum absolute atomic E-state index is 12.7. The number of rotatable bonds is 5. The first kappa shape index (κ1) is 20.5. The lowest BCUT2D eigenvalue weighted by Gasteiger charge is -2.13. The van der Waals surface area contributed by atoms with E-state index in [-0.39, 0.29) is 5.97 Å². The van der Waals surface area contributed by atoms with E-state index in [1.165, 1.54) is 5.56 Å². The zero-order chi connectivity index (χ0) is 22.0. The van der Waals surface area contributed by atoms with Gasteiger partial charge in [0.25, 0.3) is 0 Å². The Morgan fingerprint density at radius 1 is 1.00 bits per heavy atom. The Kier molecular flexibility index (Phi) is 5.62. The van der Waals surface area contributed by atoms with Crippen molar-refractivity contribution >= 4 is 5.97 Å². The first-order valence-corrected chi connectivity index (χ1v) is 10.2. The van der Waals surface area contributed by atoms with E-state index in [4.69, 9.17) is 9.72 Å². The van der Waals surface area contributed by atoms with Gasteiger partial charge >= 0.3 is 5.97 Å². The molecule has 2 heterocycles. The molecular weight excluding hydrogens is 388 g/mol. The molecule has 6 nitrogen and oxygen atoms in total. The van der Waals surface area contributed by atoms with Gasteiger partial charge in [-0.2, -0.15) is 0 Å². The second-order valence-corrected chi connectivity index (χ2v) is 7.37. The molecule has 0 atom stereocenters. The molecule has 0 aliphatic rings. The molecule has 6 heteroatoms. The fourth-order valence-corrected chi connectivity index (χ4v) is 3.60. The van der Waals surface area contributed by atoms with Crippen LogP contribution in [0.25, 0.3) is 28.2 Å². The zero-order valence-electron chi connectivity index (χ0n) is 18.1. The fraction of sp³-hybridized carbons (Fsp3) is 0.200. The Bertz CT molecular complexity index is 1230. The Labute approximate surface area is 181 Å². The summed E-state index contributed by atoms with van der Waals surface area (Å²) in [5.41, 5.74) is 7.09. The van der Waals surface area contributed by atoms with Gasteiger partial charge in [0.1, 0.15) is 5.69 Å². The number of benzene rings is 2. The molecular formula is C25H24N4O2. The highest BCUT2D eigenvalue weighted by Gasteiger charge is 2.22. The van der Waals surface area contributed by atoms with Gasteiger partial charge in [0.05, 0.1) is 34.9 Å². The molecule has 0 radical (unpaired) electrons. The molecule has 0 aliphatic heterocycles. The Balaban J connectivity index is 1.86. The number of esters is 1. The van der Waals surface area contributed by atoms with Crippen LogP contribution in [0.5, 0.6) is 0 Å². The highest BCUT2D eigenvalue weighted by molar-refractivity contribution is 5.99. The molecule has 0 spiro atoms. The number of carbonyl (C=O) groups is 1. The summed E-state index contributed by atoms with van der Waals surface area (Å²) < 4.78 is 7.10. The van der Waals surface area contributed by atoms with Gasteiger partial charge in [0.15, 0.2) is 0 Å². The topological polar surface area (TPSA) is 69.9 Å². The van der Waals surface area contributed by atoms with Crippen LogP contribution in [0.4, 0.5) is 0 Å². The molecule has 2 aromatic carbocycles. The highest BCUT2D eigenvalue weighted by atomic mass is 16.5. The van der Waals surface area contributed by atoms with Crippen molar-refractivity contribution in [3.05, 3.63) is 83.2 Å². The van der Waals surface area contributed by atoms with Crippen molar-refractivity contribution in [3.63, 3.8) is 0 Å². The van der Waals surface area contributed by atoms with E-state index in [0.717, 1.165) is 22.5 Å². The van der Waals surface area contributed by atoms with Crippen LogP contribution >= 0.6 is 0 Å². The van der Waals surface area contributed by atoms with Gasteiger partial charge in [-0.25, -0.2) is 9.48 Å². The van der Waals surface area contributed by atoms with Crippen molar-refractivity contribution in [3.8, 4) is 28.2 Å². The van der Waals surface area contributed by atoms with Crippen LogP contribution in [-0.2, 0) is 4.74 Å². The zero-order valence-corrected chi connectivity index (χ0v) is 18.1. The minimum Gasteiger partial charge on any atom is -0.462 e. The predicted molar refractivity (Wildman–Crippen MR) is 120 cm³/mol. The molecule has 0 bridgehead atoms. The van der Waals surface area contributed by atoms with Crippen molar-refractivity contribution in [1.82, 2.24) is 20.0 Å². The Morgan fingerprint density at radius 3 is 2.39 bits per heavy atom. The van der Waals surface area contributed by atoms with Crippen LogP contribution < -0.4 is 0 Å². The second-order valence-electron chi connectivity index (χ2n) is 7.37. The van der Waals surface area contributed by atoms with Gasteiger partial charge < -0.3 is 4.74 Å². The van der Waals surface area contributed by atoms with Crippen LogP contribution in [0.3, 0.4) is 0 Å². The quantitative estimate of drug-likeness (QED) is 0.427. The number of hydrogen-bond acceptors (Lipinski definition) is 5. The minimum absolute atomic E-state index is 0.304. The van der Waals surface area contributed by atoms with E-state index >= 15 is 0 Å². The van der Waals surface area contributed by atoms with Gasteiger partial charge in [-0.05, 0) is 51.5 Å². The van der Waals surface area contributed by atoms with Crippen molar-refractivity contribution in [2.24, 2.45) is 0 Å². The van der Waals surface area contributed by atoms with E-state index in [1.54, 1.807) is 11.6 Å². The lowest BCUT2D eigenvalue weighted by Crippen LogP contribution is -2.11. The molecule has 0 aliphatic carbocycles. The van der Waals surface area contributed by atoms with Crippen LogP contribution in [-0.4, -0.2) is 32.6 Å². The van der Waals surface area contributed by atoms with Crippen molar-refractivity contribution in [2.45, 2.75) is 27.7 Å². The normalized spacial score (nSPS) is 10.8. The number of nitrogens with zero attached hydrogens (tertiary/aromatic N) is 4. The summed E-state index contributed by atoms with van der Waals surface area (Å²) >= 11 is 0. The van der Waals surface area contributed by atoms with E-state index in [2.05, 4.69) is 10.3 Å².